The van der Waals surface area contributed by atoms with E-state index in [0.717, 1.165) is 18.9 Å². The normalized spacial score (nSPS) is 15.4. The quantitative estimate of drug-likeness (QED) is 0.349. The largest absolute Gasteiger partial charge is 0.436 e. The van der Waals surface area contributed by atoms with Crippen LogP contribution in [0.25, 0.3) is 0 Å². The van der Waals surface area contributed by atoms with E-state index in [1.165, 1.54) is 36.8 Å². The average molecular weight is 479 g/mol. The Balaban J connectivity index is 1.53. The molecule has 0 unspecified atom stereocenters. The summed E-state index contributed by atoms with van der Waals surface area (Å²) in [6.45, 7) is 4.65. The number of carbonyl (C=O) groups excluding carboxylic acids is 1. The van der Waals surface area contributed by atoms with E-state index in [2.05, 4.69) is 26.8 Å². The molecule has 0 radical (unpaired) electrons. The van der Waals surface area contributed by atoms with Crippen molar-refractivity contribution in [3.05, 3.63) is 78.3 Å². The molecule has 3 heterocycles. The standard InChI is InChI=1S/C24H23F2N7O2/c1-2-19(34)33-10-4-5-15(12-33)32-24-20(23(28)30-13-31-24)22(27)14-8-9-18(29-11-14)35-17-7-3-6-16(25)21(17)26/h2-3,6-9,11,13,15,27H,1,4-5,10,12H2,(H3,28,30,31,32)/t15-/m1/s1. The first-order valence-corrected chi connectivity index (χ1v) is 10.8. The number of nitrogen functional groups attached to an aromatic ring is 1. The third-order valence-corrected chi connectivity index (χ3v) is 5.53. The summed E-state index contributed by atoms with van der Waals surface area (Å²) in [4.78, 5) is 26.1. The topological polar surface area (TPSA) is 130 Å². The van der Waals surface area contributed by atoms with Crippen LogP contribution in [0.1, 0.15) is 24.0 Å². The minimum atomic E-state index is -1.12. The molecule has 4 rings (SSSR count). The molecule has 9 nitrogen and oxygen atoms in total. The van der Waals surface area contributed by atoms with Gasteiger partial charge in [0.05, 0.1) is 11.3 Å². The Hall–Kier alpha value is -4.41. The molecule has 1 aliphatic rings. The van der Waals surface area contributed by atoms with Crippen molar-refractivity contribution in [1.82, 2.24) is 19.9 Å². The van der Waals surface area contributed by atoms with Gasteiger partial charge >= 0.3 is 0 Å². The molecule has 1 saturated heterocycles. The number of nitrogens with zero attached hydrogens (tertiary/aromatic N) is 4. The van der Waals surface area contributed by atoms with Crippen molar-refractivity contribution in [2.45, 2.75) is 18.9 Å². The van der Waals surface area contributed by atoms with Gasteiger partial charge in [-0.3, -0.25) is 10.2 Å². The van der Waals surface area contributed by atoms with Crippen molar-refractivity contribution in [3.63, 3.8) is 0 Å². The van der Waals surface area contributed by atoms with Gasteiger partial charge in [0.1, 0.15) is 18.0 Å². The molecular formula is C24H23F2N7O2. The number of hydrogen-bond acceptors (Lipinski definition) is 8. The van der Waals surface area contributed by atoms with Gasteiger partial charge in [-0.25, -0.2) is 19.3 Å². The fraction of sp³-hybridized carbons (Fsp3) is 0.208. The van der Waals surface area contributed by atoms with Crippen LogP contribution in [0.4, 0.5) is 20.4 Å². The minimum Gasteiger partial charge on any atom is -0.436 e. The molecule has 35 heavy (non-hydrogen) atoms. The van der Waals surface area contributed by atoms with Crippen molar-refractivity contribution in [1.29, 1.82) is 5.41 Å². The second kappa shape index (κ2) is 10.2. The van der Waals surface area contributed by atoms with Gasteiger partial charge in [0, 0.05) is 37.0 Å². The Morgan fingerprint density at radius 1 is 1.26 bits per heavy atom. The highest BCUT2D eigenvalue weighted by Gasteiger charge is 2.25. The van der Waals surface area contributed by atoms with Gasteiger partial charge in [0.25, 0.3) is 0 Å². The summed E-state index contributed by atoms with van der Waals surface area (Å²) in [6, 6.07) is 6.47. The smallest absolute Gasteiger partial charge is 0.246 e. The minimum absolute atomic E-state index is 0.0106. The fourth-order valence-electron chi connectivity index (χ4n) is 3.78. The lowest BCUT2D eigenvalue weighted by molar-refractivity contribution is -0.127. The van der Waals surface area contributed by atoms with Crippen LogP contribution in [0.3, 0.4) is 0 Å². The van der Waals surface area contributed by atoms with Gasteiger partial charge in [0.2, 0.25) is 17.6 Å². The van der Waals surface area contributed by atoms with Crippen molar-refractivity contribution in [2.75, 3.05) is 24.1 Å². The van der Waals surface area contributed by atoms with Crippen LogP contribution < -0.4 is 15.8 Å². The molecule has 0 spiro atoms. The van der Waals surface area contributed by atoms with E-state index in [4.69, 9.17) is 15.9 Å². The zero-order valence-corrected chi connectivity index (χ0v) is 18.7. The van der Waals surface area contributed by atoms with Crippen molar-refractivity contribution >= 4 is 23.3 Å². The first kappa shape index (κ1) is 23.7. The number of nitrogens with one attached hydrogen (secondary N) is 2. The number of halogens is 2. The number of benzene rings is 1. The van der Waals surface area contributed by atoms with E-state index in [9.17, 15) is 13.6 Å². The summed E-state index contributed by atoms with van der Waals surface area (Å²) in [5.74, 6) is -2.10. The number of aromatic nitrogens is 3. The highest BCUT2D eigenvalue weighted by molar-refractivity contribution is 6.16. The van der Waals surface area contributed by atoms with Crippen LogP contribution in [0, 0.1) is 17.0 Å². The summed E-state index contributed by atoms with van der Waals surface area (Å²) in [6.07, 6.45) is 5.56. The summed E-state index contributed by atoms with van der Waals surface area (Å²) >= 11 is 0. The molecule has 180 valence electrons. The summed E-state index contributed by atoms with van der Waals surface area (Å²) in [5, 5.41) is 12.0. The van der Waals surface area contributed by atoms with Gasteiger partial charge in [-0.2, -0.15) is 4.39 Å². The number of pyridine rings is 1. The fourth-order valence-corrected chi connectivity index (χ4v) is 3.78. The highest BCUT2D eigenvalue weighted by atomic mass is 19.2. The van der Waals surface area contributed by atoms with E-state index in [1.807, 2.05) is 0 Å². The summed E-state index contributed by atoms with van der Waals surface area (Å²) in [7, 11) is 0. The molecule has 0 aliphatic carbocycles. The lowest BCUT2D eigenvalue weighted by Crippen LogP contribution is -2.44. The zero-order valence-electron chi connectivity index (χ0n) is 18.7. The Bertz CT molecular complexity index is 1270. The van der Waals surface area contributed by atoms with Crippen LogP contribution >= 0.6 is 0 Å². The van der Waals surface area contributed by atoms with Gasteiger partial charge in [0.15, 0.2) is 11.6 Å². The molecule has 3 aromatic rings. The lowest BCUT2D eigenvalue weighted by Gasteiger charge is -2.33. The lowest BCUT2D eigenvalue weighted by atomic mass is 10.0. The molecule has 2 aromatic heterocycles. The SMILES string of the molecule is C=CC(=O)N1CCC[C@@H](Nc2ncnc(N)c2C(=N)c2ccc(Oc3cccc(F)c3F)nc2)C1. The number of amides is 1. The molecule has 1 aliphatic heterocycles. The predicted octanol–water partition coefficient (Wildman–Crippen LogP) is 3.53. The van der Waals surface area contributed by atoms with E-state index in [-0.39, 0.29) is 40.7 Å². The van der Waals surface area contributed by atoms with E-state index in [1.54, 1.807) is 11.0 Å². The molecule has 1 amide bonds. The predicted molar refractivity (Wildman–Crippen MR) is 126 cm³/mol. The van der Waals surface area contributed by atoms with Crippen molar-refractivity contribution in [3.8, 4) is 11.6 Å². The maximum atomic E-state index is 13.9. The third-order valence-electron chi connectivity index (χ3n) is 5.53. The first-order chi connectivity index (χ1) is 16.9. The monoisotopic (exact) mass is 479 g/mol. The van der Waals surface area contributed by atoms with Crippen LogP contribution in [-0.4, -0.2) is 50.6 Å². The second-order valence-electron chi connectivity index (χ2n) is 7.87. The number of anilines is 2. The van der Waals surface area contributed by atoms with Gasteiger partial charge in [-0.1, -0.05) is 12.6 Å². The molecule has 11 heteroatoms. The van der Waals surface area contributed by atoms with Gasteiger partial charge < -0.3 is 20.7 Å². The van der Waals surface area contributed by atoms with Crippen molar-refractivity contribution in [2.24, 2.45) is 0 Å². The Kier molecular flexibility index (Phi) is 6.95. The third kappa shape index (κ3) is 5.24. The van der Waals surface area contributed by atoms with E-state index in [0.29, 0.717) is 24.5 Å². The molecule has 0 saturated carbocycles. The maximum Gasteiger partial charge on any atom is 0.246 e. The van der Waals surface area contributed by atoms with Crippen LogP contribution in [0.15, 0.2) is 55.5 Å². The number of rotatable bonds is 7. The summed E-state index contributed by atoms with van der Waals surface area (Å²) < 4.78 is 32.6. The van der Waals surface area contributed by atoms with Crippen LogP contribution in [-0.2, 0) is 4.79 Å². The van der Waals surface area contributed by atoms with E-state index >= 15 is 0 Å². The number of nitrogens with two attached hydrogens (primary N) is 1. The Morgan fingerprint density at radius 3 is 2.83 bits per heavy atom. The molecular weight excluding hydrogens is 456 g/mol. The van der Waals surface area contributed by atoms with Gasteiger partial charge in [-0.05, 0) is 37.1 Å². The second-order valence-corrected chi connectivity index (χ2v) is 7.87. The first-order valence-electron chi connectivity index (χ1n) is 10.8. The molecule has 1 fully saturated rings. The molecule has 0 bridgehead atoms. The van der Waals surface area contributed by atoms with E-state index < -0.39 is 11.6 Å². The molecule has 1 atom stereocenters. The van der Waals surface area contributed by atoms with Crippen LogP contribution in [0.2, 0.25) is 0 Å². The van der Waals surface area contributed by atoms with Crippen molar-refractivity contribution < 1.29 is 18.3 Å². The number of carbonyl (C=O) groups is 1. The number of likely N-dealkylation sites (tertiary alicyclic amines) is 1. The maximum absolute atomic E-state index is 13.9. The van der Waals surface area contributed by atoms with Gasteiger partial charge in [-0.15, -0.1) is 0 Å². The Labute approximate surface area is 200 Å². The molecule has 1 aromatic carbocycles. The highest BCUT2D eigenvalue weighted by Crippen LogP contribution is 2.27. The Morgan fingerprint density at radius 2 is 2.09 bits per heavy atom. The van der Waals surface area contributed by atoms with Crippen LogP contribution in [0.5, 0.6) is 11.6 Å². The number of ether oxygens (including phenoxy) is 1. The average Bonchev–Trinajstić information content (AvgIpc) is 2.87. The number of hydrogen-bond donors (Lipinski definition) is 3. The summed E-state index contributed by atoms with van der Waals surface area (Å²) in [5.41, 5.74) is 6.77. The number of piperidine rings is 1. The zero-order chi connectivity index (χ0) is 24.9. The molecule has 4 N–H and O–H groups in total.